The van der Waals surface area contributed by atoms with Crippen molar-refractivity contribution in [1.29, 1.82) is 0 Å². The predicted molar refractivity (Wildman–Crippen MR) is 74.3 cm³/mol. The number of halogens is 1. The van der Waals surface area contributed by atoms with E-state index in [1.54, 1.807) is 18.3 Å². The van der Waals surface area contributed by atoms with Crippen LogP contribution in [0.15, 0.2) is 41.3 Å². The van der Waals surface area contributed by atoms with Gasteiger partial charge in [-0.2, -0.15) is 0 Å². The van der Waals surface area contributed by atoms with Gasteiger partial charge in [0.05, 0.1) is 5.56 Å². The molecule has 0 aliphatic rings. The van der Waals surface area contributed by atoms with Gasteiger partial charge in [-0.15, -0.1) is 0 Å². The van der Waals surface area contributed by atoms with Crippen LogP contribution in [-0.4, -0.2) is 27.0 Å². The number of amides is 1. The van der Waals surface area contributed by atoms with Gasteiger partial charge in [-0.1, -0.05) is 6.07 Å². The molecule has 0 radical (unpaired) electrons. The molecule has 0 unspecified atom stereocenters. The van der Waals surface area contributed by atoms with Crippen molar-refractivity contribution in [3.05, 3.63) is 58.1 Å². The molecule has 0 bridgehead atoms. The normalized spacial score (nSPS) is 10.1. The van der Waals surface area contributed by atoms with Crippen molar-refractivity contribution in [3.8, 4) is 0 Å². The smallest absolute Gasteiger partial charge is 0.354 e. The van der Waals surface area contributed by atoms with Crippen molar-refractivity contribution in [3.63, 3.8) is 0 Å². The van der Waals surface area contributed by atoms with E-state index < -0.39 is 5.97 Å². The van der Waals surface area contributed by atoms with E-state index in [9.17, 15) is 9.59 Å². The maximum atomic E-state index is 11.9. The minimum Gasteiger partial charge on any atom is -0.477 e. The van der Waals surface area contributed by atoms with Crippen LogP contribution < -0.4 is 5.32 Å². The highest BCUT2D eigenvalue weighted by Crippen LogP contribution is 2.09. The number of rotatable bonds is 4. The summed E-state index contributed by atoms with van der Waals surface area (Å²) in [4.78, 5) is 30.2. The van der Waals surface area contributed by atoms with E-state index in [4.69, 9.17) is 5.11 Å². The lowest BCUT2D eigenvalue weighted by Gasteiger charge is -2.05. The van der Waals surface area contributed by atoms with Gasteiger partial charge < -0.3 is 10.4 Å². The van der Waals surface area contributed by atoms with Crippen LogP contribution in [0.2, 0.25) is 0 Å². The second-order valence-electron chi connectivity index (χ2n) is 3.93. The highest BCUT2D eigenvalue weighted by Gasteiger charge is 2.07. The fourth-order valence-electron chi connectivity index (χ4n) is 1.48. The Balaban J connectivity index is 1.98. The fourth-order valence-corrected chi connectivity index (χ4v) is 1.84. The first-order valence-corrected chi connectivity index (χ1v) is 6.42. The van der Waals surface area contributed by atoms with Crippen LogP contribution in [0, 0.1) is 0 Å². The molecule has 0 fully saturated rings. The van der Waals surface area contributed by atoms with Crippen LogP contribution in [-0.2, 0) is 6.54 Å². The Bertz CT molecular complexity index is 644. The lowest BCUT2D eigenvalue weighted by atomic mass is 10.2. The largest absolute Gasteiger partial charge is 0.477 e. The minimum atomic E-state index is -1.08. The average Bonchev–Trinajstić information content (AvgIpc) is 2.45. The second kappa shape index (κ2) is 6.25. The van der Waals surface area contributed by atoms with Gasteiger partial charge in [0.2, 0.25) is 0 Å². The predicted octanol–water partition coefficient (Wildman–Crippen LogP) is 1.87. The van der Waals surface area contributed by atoms with Gasteiger partial charge in [-0.3, -0.25) is 9.78 Å². The van der Waals surface area contributed by atoms with E-state index in [0.717, 1.165) is 4.47 Å². The summed E-state index contributed by atoms with van der Waals surface area (Å²) in [6, 6.07) is 4.66. The number of carboxylic acid groups (broad SMARTS) is 1. The maximum absolute atomic E-state index is 11.9. The molecule has 6 nitrogen and oxygen atoms in total. The number of nitrogens with one attached hydrogen (secondary N) is 1. The molecular weight excluding hydrogens is 326 g/mol. The summed E-state index contributed by atoms with van der Waals surface area (Å²) in [6.07, 6.45) is 4.47. The van der Waals surface area contributed by atoms with Crippen molar-refractivity contribution in [2.24, 2.45) is 0 Å². The van der Waals surface area contributed by atoms with Crippen LogP contribution in [0.25, 0.3) is 0 Å². The van der Waals surface area contributed by atoms with Crippen LogP contribution in [0.3, 0.4) is 0 Å². The number of aromatic nitrogens is 2. The van der Waals surface area contributed by atoms with Crippen molar-refractivity contribution < 1.29 is 14.7 Å². The molecule has 1 amide bonds. The van der Waals surface area contributed by atoms with E-state index in [-0.39, 0.29) is 18.1 Å². The summed E-state index contributed by atoms with van der Waals surface area (Å²) in [7, 11) is 0. The molecular formula is C13H10BrN3O3. The number of pyridine rings is 2. The number of nitrogens with zero attached hydrogens (tertiary/aromatic N) is 2. The van der Waals surface area contributed by atoms with Crippen LogP contribution in [0.5, 0.6) is 0 Å². The quantitative estimate of drug-likeness (QED) is 0.889. The molecule has 0 aliphatic heterocycles. The average molecular weight is 336 g/mol. The number of carbonyl (C=O) groups excluding carboxylic acids is 1. The Morgan fingerprint density at radius 2 is 2.05 bits per heavy atom. The van der Waals surface area contributed by atoms with Crippen LogP contribution in [0.4, 0.5) is 0 Å². The third-order valence-corrected chi connectivity index (χ3v) is 2.90. The molecule has 20 heavy (non-hydrogen) atoms. The van der Waals surface area contributed by atoms with E-state index in [0.29, 0.717) is 11.1 Å². The molecule has 0 spiro atoms. The summed E-state index contributed by atoms with van der Waals surface area (Å²) < 4.78 is 0.720. The fraction of sp³-hybridized carbons (Fsp3) is 0.0769. The lowest BCUT2D eigenvalue weighted by Crippen LogP contribution is -2.23. The SMILES string of the molecule is O=C(NCc1ccc(C(=O)O)nc1)c1cncc(Br)c1. The van der Waals surface area contributed by atoms with Gasteiger partial charge in [0.1, 0.15) is 5.69 Å². The molecule has 7 heteroatoms. The van der Waals surface area contributed by atoms with E-state index >= 15 is 0 Å². The number of aromatic carboxylic acids is 1. The van der Waals surface area contributed by atoms with Crippen LogP contribution in [0.1, 0.15) is 26.4 Å². The third kappa shape index (κ3) is 3.61. The second-order valence-corrected chi connectivity index (χ2v) is 4.85. The van der Waals surface area contributed by atoms with Crippen molar-refractivity contribution >= 4 is 27.8 Å². The Kier molecular flexibility index (Phi) is 4.41. The Hall–Kier alpha value is -2.28. The van der Waals surface area contributed by atoms with E-state index in [1.807, 2.05) is 0 Å². The number of carbonyl (C=O) groups is 2. The Morgan fingerprint density at radius 3 is 2.65 bits per heavy atom. The standard InChI is InChI=1S/C13H10BrN3O3/c14-10-3-9(6-15-7-10)12(18)17-5-8-1-2-11(13(19)20)16-4-8/h1-4,6-7H,5H2,(H,17,18)(H,19,20). The first kappa shape index (κ1) is 14.1. The lowest BCUT2D eigenvalue weighted by molar-refractivity contribution is 0.0690. The molecule has 0 atom stereocenters. The molecule has 0 saturated heterocycles. The monoisotopic (exact) mass is 335 g/mol. The summed E-state index contributed by atoms with van der Waals surface area (Å²) >= 11 is 3.24. The molecule has 2 aromatic rings. The molecule has 2 rings (SSSR count). The molecule has 102 valence electrons. The summed E-state index contributed by atoms with van der Waals surface area (Å²) in [5.41, 5.74) is 1.12. The number of carboxylic acids is 1. The van der Waals surface area contributed by atoms with Gasteiger partial charge in [-0.25, -0.2) is 9.78 Å². The third-order valence-electron chi connectivity index (χ3n) is 2.46. The number of hydrogen-bond acceptors (Lipinski definition) is 4. The first-order valence-electron chi connectivity index (χ1n) is 5.63. The van der Waals surface area contributed by atoms with Crippen molar-refractivity contribution in [2.75, 3.05) is 0 Å². The van der Waals surface area contributed by atoms with E-state index in [2.05, 4.69) is 31.2 Å². The van der Waals surface area contributed by atoms with E-state index in [1.165, 1.54) is 18.5 Å². The zero-order valence-corrected chi connectivity index (χ0v) is 11.8. The van der Waals surface area contributed by atoms with Gasteiger partial charge in [-0.05, 0) is 33.6 Å². The van der Waals surface area contributed by atoms with Crippen molar-refractivity contribution in [1.82, 2.24) is 15.3 Å². The molecule has 2 aromatic heterocycles. The molecule has 0 saturated carbocycles. The Morgan fingerprint density at radius 1 is 1.25 bits per heavy atom. The highest BCUT2D eigenvalue weighted by molar-refractivity contribution is 9.10. The molecule has 2 heterocycles. The Labute approximate surface area is 123 Å². The first-order chi connectivity index (χ1) is 9.56. The van der Waals surface area contributed by atoms with Crippen LogP contribution >= 0.6 is 15.9 Å². The van der Waals surface area contributed by atoms with Gasteiger partial charge in [0.25, 0.3) is 5.91 Å². The maximum Gasteiger partial charge on any atom is 0.354 e. The highest BCUT2D eigenvalue weighted by atomic mass is 79.9. The van der Waals surface area contributed by atoms with Gasteiger partial charge >= 0.3 is 5.97 Å². The molecule has 0 aliphatic carbocycles. The zero-order chi connectivity index (χ0) is 14.5. The summed E-state index contributed by atoms with van der Waals surface area (Å²) in [5, 5.41) is 11.4. The molecule has 0 aromatic carbocycles. The molecule has 2 N–H and O–H groups in total. The minimum absolute atomic E-state index is 0.0312. The number of hydrogen-bond donors (Lipinski definition) is 2. The zero-order valence-electron chi connectivity index (χ0n) is 10.2. The topological polar surface area (TPSA) is 92.2 Å². The van der Waals surface area contributed by atoms with Gasteiger partial charge in [0.15, 0.2) is 0 Å². The van der Waals surface area contributed by atoms with Crippen molar-refractivity contribution in [2.45, 2.75) is 6.54 Å². The summed E-state index contributed by atoms with van der Waals surface area (Å²) in [5.74, 6) is -1.35. The van der Waals surface area contributed by atoms with Gasteiger partial charge in [0, 0.05) is 29.6 Å². The summed E-state index contributed by atoms with van der Waals surface area (Å²) in [6.45, 7) is 0.262.